The highest BCUT2D eigenvalue weighted by Crippen LogP contribution is 2.35. The topological polar surface area (TPSA) is 84.0 Å². The normalized spacial score (nSPS) is 14.6. The zero-order chi connectivity index (χ0) is 26.7. The van der Waals surface area contributed by atoms with Crippen LogP contribution in [0, 0.1) is 5.82 Å². The summed E-state index contributed by atoms with van der Waals surface area (Å²) in [6.07, 6.45) is 0.565. The molecule has 2 heterocycles. The van der Waals surface area contributed by atoms with Gasteiger partial charge < -0.3 is 14.4 Å². The lowest BCUT2D eigenvalue weighted by Gasteiger charge is -2.35. The van der Waals surface area contributed by atoms with Crippen molar-refractivity contribution in [2.75, 3.05) is 56.6 Å². The van der Waals surface area contributed by atoms with Gasteiger partial charge in [0.25, 0.3) is 10.0 Å². The number of fused-ring (bicyclic) bond motifs is 1. The highest BCUT2D eigenvalue weighted by Gasteiger charge is 2.24. The number of hydrogen-bond acceptors (Lipinski definition) is 8. The Hall–Kier alpha value is -3.41. The Labute approximate surface area is 225 Å². The van der Waals surface area contributed by atoms with Gasteiger partial charge >= 0.3 is 0 Å². The van der Waals surface area contributed by atoms with E-state index in [0.29, 0.717) is 23.6 Å². The first-order chi connectivity index (χ1) is 18.4. The minimum absolute atomic E-state index is 0.332. The smallest absolute Gasteiger partial charge is 0.264 e. The molecule has 0 amide bonds. The molecule has 4 aromatic rings. The molecule has 11 heteroatoms. The first-order valence-corrected chi connectivity index (χ1v) is 14.5. The Kier molecular flexibility index (Phi) is 7.68. The van der Waals surface area contributed by atoms with E-state index in [1.54, 1.807) is 12.1 Å². The monoisotopic (exact) mass is 556 g/mol. The number of methoxy groups -OCH3 is 2. The number of nitrogens with one attached hydrogen (secondary N) is 1. The van der Waals surface area contributed by atoms with Crippen LogP contribution in [0.1, 0.15) is 5.56 Å². The molecule has 1 saturated heterocycles. The first-order valence-electron chi connectivity index (χ1n) is 12.2. The van der Waals surface area contributed by atoms with Gasteiger partial charge in [0, 0.05) is 44.2 Å². The number of rotatable bonds is 9. The molecular weight excluding hydrogens is 527 g/mol. The number of nitrogens with zero attached hydrogens (tertiary/aromatic N) is 3. The maximum Gasteiger partial charge on any atom is 0.264 e. The maximum absolute atomic E-state index is 14.3. The number of hydrogen-bond donors (Lipinski definition) is 1. The van der Waals surface area contributed by atoms with E-state index in [4.69, 9.17) is 9.47 Å². The van der Waals surface area contributed by atoms with E-state index in [1.807, 2.05) is 12.1 Å². The molecule has 200 valence electrons. The fourth-order valence-electron chi connectivity index (χ4n) is 4.65. The molecule has 1 fully saturated rings. The number of aromatic nitrogens is 1. The minimum Gasteiger partial charge on any atom is -0.493 e. The second-order valence-electron chi connectivity index (χ2n) is 8.98. The molecule has 1 N–H and O–H groups in total. The first kappa shape index (κ1) is 26.2. The van der Waals surface area contributed by atoms with Crippen LogP contribution in [0.2, 0.25) is 0 Å². The van der Waals surface area contributed by atoms with E-state index in [0.717, 1.165) is 50.2 Å². The van der Waals surface area contributed by atoms with Gasteiger partial charge in [0.2, 0.25) is 0 Å². The third kappa shape index (κ3) is 5.40. The number of sulfonamides is 1. The van der Waals surface area contributed by atoms with Crippen molar-refractivity contribution in [2.24, 2.45) is 0 Å². The maximum atomic E-state index is 14.3. The molecule has 0 unspecified atom stereocenters. The van der Waals surface area contributed by atoms with Gasteiger partial charge in [-0.2, -0.15) is 4.37 Å². The second kappa shape index (κ2) is 11.1. The van der Waals surface area contributed by atoms with E-state index in [1.165, 1.54) is 54.0 Å². The molecule has 1 aliphatic heterocycles. The zero-order valence-electron chi connectivity index (χ0n) is 21.2. The summed E-state index contributed by atoms with van der Waals surface area (Å²) in [4.78, 5) is 4.25. The van der Waals surface area contributed by atoms with Crippen LogP contribution >= 0.6 is 11.5 Å². The summed E-state index contributed by atoms with van der Waals surface area (Å²) < 4.78 is 59.6. The largest absolute Gasteiger partial charge is 0.493 e. The van der Waals surface area contributed by atoms with Crippen molar-refractivity contribution in [3.8, 4) is 11.5 Å². The van der Waals surface area contributed by atoms with Crippen molar-refractivity contribution in [1.82, 2.24) is 9.27 Å². The lowest BCUT2D eigenvalue weighted by Crippen LogP contribution is -2.47. The Morgan fingerprint density at radius 1 is 0.974 bits per heavy atom. The number of ether oxygens (including phenoxy) is 2. The zero-order valence-corrected chi connectivity index (χ0v) is 22.8. The van der Waals surface area contributed by atoms with Crippen LogP contribution in [0.3, 0.4) is 0 Å². The Morgan fingerprint density at radius 2 is 1.66 bits per heavy atom. The molecular formula is C27H29FN4O4S2. The molecule has 1 aromatic heterocycles. The van der Waals surface area contributed by atoms with Gasteiger partial charge in [0.05, 0.1) is 24.6 Å². The van der Waals surface area contributed by atoms with Gasteiger partial charge in [-0.3, -0.25) is 9.62 Å². The third-order valence-electron chi connectivity index (χ3n) is 6.71. The summed E-state index contributed by atoms with van der Waals surface area (Å²) in [5.41, 5.74) is 1.06. The van der Waals surface area contributed by atoms with Crippen LogP contribution in [0.15, 0.2) is 65.6 Å². The van der Waals surface area contributed by atoms with Gasteiger partial charge in [-0.15, -0.1) is 0 Å². The quantitative estimate of drug-likeness (QED) is 0.322. The number of piperazine rings is 1. The van der Waals surface area contributed by atoms with Gasteiger partial charge in [-0.25, -0.2) is 12.8 Å². The predicted octanol–water partition coefficient (Wildman–Crippen LogP) is 4.62. The fraction of sp³-hybridized carbons (Fsp3) is 0.296. The third-order valence-corrected chi connectivity index (χ3v) is 8.92. The van der Waals surface area contributed by atoms with E-state index in [9.17, 15) is 12.8 Å². The molecule has 0 radical (unpaired) electrons. The van der Waals surface area contributed by atoms with E-state index in [2.05, 4.69) is 31.0 Å². The van der Waals surface area contributed by atoms with Crippen LogP contribution < -0.4 is 19.1 Å². The second-order valence-corrected chi connectivity index (χ2v) is 11.4. The van der Waals surface area contributed by atoms with Gasteiger partial charge in [0.1, 0.15) is 16.5 Å². The van der Waals surface area contributed by atoms with Crippen LogP contribution in [-0.2, 0) is 16.4 Å². The minimum atomic E-state index is -4.15. The molecule has 0 bridgehead atoms. The van der Waals surface area contributed by atoms with Crippen molar-refractivity contribution < 1.29 is 22.3 Å². The summed E-state index contributed by atoms with van der Waals surface area (Å²) >= 11 is 1.52. The van der Waals surface area contributed by atoms with Crippen LogP contribution in [0.5, 0.6) is 11.5 Å². The molecule has 0 spiro atoms. The van der Waals surface area contributed by atoms with Crippen molar-refractivity contribution in [3.63, 3.8) is 0 Å². The van der Waals surface area contributed by atoms with E-state index >= 15 is 0 Å². The molecule has 0 saturated carbocycles. The predicted molar refractivity (Wildman–Crippen MR) is 149 cm³/mol. The number of anilines is 2. The van der Waals surface area contributed by atoms with E-state index < -0.39 is 20.7 Å². The van der Waals surface area contributed by atoms with Crippen LogP contribution in [0.25, 0.3) is 10.1 Å². The average Bonchev–Trinajstić information content (AvgIpc) is 3.36. The Balaban J connectivity index is 1.31. The molecule has 38 heavy (non-hydrogen) atoms. The molecule has 8 nitrogen and oxygen atoms in total. The molecule has 0 atom stereocenters. The molecule has 1 aliphatic rings. The number of benzene rings is 3. The van der Waals surface area contributed by atoms with Crippen molar-refractivity contribution >= 4 is 43.1 Å². The lowest BCUT2D eigenvalue weighted by molar-refractivity contribution is 0.260. The summed E-state index contributed by atoms with van der Waals surface area (Å²) in [5.74, 6) is 1.10. The van der Waals surface area contributed by atoms with Crippen LogP contribution in [-0.4, -0.2) is 64.6 Å². The summed E-state index contributed by atoms with van der Waals surface area (Å²) in [6, 6.07) is 16.9. The summed E-state index contributed by atoms with van der Waals surface area (Å²) in [5, 5.41) is 1.18. The number of halogens is 1. The Bertz CT molecular complexity index is 1540. The van der Waals surface area contributed by atoms with Crippen LogP contribution in [0.4, 0.5) is 15.9 Å². The van der Waals surface area contributed by atoms with Crippen molar-refractivity contribution in [2.45, 2.75) is 11.3 Å². The van der Waals surface area contributed by atoms with Crippen molar-refractivity contribution in [3.05, 3.63) is 72.0 Å². The van der Waals surface area contributed by atoms with E-state index in [-0.39, 0.29) is 0 Å². The average molecular weight is 557 g/mol. The highest BCUT2D eigenvalue weighted by atomic mass is 32.2. The lowest BCUT2D eigenvalue weighted by atomic mass is 10.1. The van der Waals surface area contributed by atoms with Gasteiger partial charge in [-0.1, -0.05) is 24.3 Å². The molecule has 3 aromatic carbocycles. The molecule has 5 rings (SSSR count). The summed E-state index contributed by atoms with van der Waals surface area (Å²) in [6.45, 7) is 4.14. The standard InChI is InChI=1S/C27H29FN4O4S2/c1-35-23-17-19(22(18-24(23)36-2)30-38(33,34)26-10-6-4-8-21(26)28)11-12-31-13-15-32(16-14-31)27-20-7-3-5-9-25(20)37-29-27/h3-10,17-18,30H,11-16H2,1-2H3. The van der Waals surface area contributed by atoms with Crippen molar-refractivity contribution in [1.29, 1.82) is 0 Å². The highest BCUT2D eigenvalue weighted by molar-refractivity contribution is 7.92. The van der Waals surface area contributed by atoms with Gasteiger partial charge in [-0.05, 0) is 53.8 Å². The SMILES string of the molecule is COc1cc(CCN2CCN(c3nsc4ccccc34)CC2)c(NS(=O)(=O)c2ccccc2F)cc1OC. The molecule has 0 aliphatic carbocycles. The summed E-state index contributed by atoms with van der Waals surface area (Å²) in [7, 11) is -1.13. The Morgan fingerprint density at radius 3 is 2.39 bits per heavy atom. The fourth-order valence-corrected chi connectivity index (χ4v) is 6.62. The van der Waals surface area contributed by atoms with Gasteiger partial charge in [0.15, 0.2) is 11.5 Å².